The number of anilines is 1. The molecule has 1 aliphatic heterocycles. The molecule has 15 nitrogen and oxygen atoms in total. The van der Waals surface area contributed by atoms with E-state index in [0.29, 0.717) is 9.95 Å². The number of nitrogens with zero attached hydrogens (tertiary/aromatic N) is 4. The molecule has 1 fully saturated rings. The molecular weight excluding hydrogens is 636 g/mol. The lowest BCUT2D eigenvalue weighted by Gasteiger charge is -2.21. The van der Waals surface area contributed by atoms with Crippen LogP contribution < -0.4 is 11.0 Å². The van der Waals surface area contributed by atoms with Crippen LogP contribution in [0.25, 0.3) is 10.9 Å². The predicted molar refractivity (Wildman–Crippen MR) is 147 cm³/mol. The summed E-state index contributed by atoms with van der Waals surface area (Å²) >= 11 is 5.81. The summed E-state index contributed by atoms with van der Waals surface area (Å²) in [4.78, 5) is 38.4. The second-order valence-corrected chi connectivity index (χ2v) is 11.6. The van der Waals surface area contributed by atoms with Crippen LogP contribution >= 0.6 is 11.6 Å². The number of hydrogen-bond acceptors (Lipinski definition) is 11. The van der Waals surface area contributed by atoms with Crippen molar-refractivity contribution >= 4 is 50.1 Å². The highest BCUT2D eigenvalue weighted by molar-refractivity contribution is 7.90. The Morgan fingerprint density at radius 1 is 1.25 bits per heavy atom. The smallest absolute Gasteiger partial charge is 0.413 e. The summed E-state index contributed by atoms with van der Waals surface area (Å²) in [7, 11) is -4.38. The number of ether oxygens (including phenoxy) is 2. The number of alkyl halides is 2. The minimum Gasteiger partial charge on any atom is -0.444 e. The lowest BCUT2D eigenvalue weighted by molar-refractivity contribution is -0.384. The van der Waals surface area contributed by atoms with Gasteiger partial charge < -0.3 is 19.7 Å². The number of nitrogens with one attached hydrogen (secondary N) is 1. The van der Waals surface area contributed by atoms with Crippen LogP contribution in [0.1, 0.15) is 11.8 Å². The van der Waals surface area contributed by atoms with Crippen LogP contribution in [-0.4, -0.2) is 67.9 Å². The predicted octanol–water partition coefficient (Wildman–Crippen LogP) is 2.63. The van der Waals surface area contributed by atoms with Crippen LogP contribution in [0.15, 0.2) is 70.6 Å². The van der Waals surface area contributed by atoms with E-state index in [1.807, 2.05) is 0 Å². The van der Waals surface area contributed by atoms with Crippen molar-refractivity contribution in [2.24, 2.45) is 0 Å². The zero-order valence-corrected chi connectivity index (χ0v) is 23.5. The minimum absolute atomic E-state index is 0.175. The topological polar surface area (TPSA) is 205 Å². The molecule has 232 valence electrons. The molecular formula is C25H20ClF2N5O10S. The van der Waals surface area contributed by atoms with Gasteiger partial charge in [-0.05, 0) is 24.3 Å². The van der Waals surface area contributed by atoms with E-state index in [-0.39, 0.29) is 21.9 Å². The Bertz CT molecular complexity index is 1950. The van der Waals surface area contributed by atoms with E-state index in [0.717, 1.165) is 34.4 Å². The molecule has 0 aliphatic carbocycles. The summed E-state index contributed by atoms with van der Waals surface area (Å²) in [5.41, 5.74) is -1.48. The van der Waals surface area contributed by atoms with Gasteiger partial charge in [0.05, 0.1) is 21.9 Å². The van der Waals surface area contributed by atoms with Crippen LogP contribution in [0.2, 0.25) is 5.02 Å². The third-order valence-corrected chi connectivity index (χ3v) is 8.65. The largest absolute Gasteiger partial charge is 0.444 e. The second kappa shape index (κ2) is 11.5. The summed E-state index contributed by atoms with van der Waals surface area (Å²) in [5.74, 6) is -4.31. The van der Waals surface area contributed by atoms with Gasteiger partial charge in [-0.15, -0.1) is 0 Å². The molecule has 3 heterocycles. The molecule has 1 aliphatic rings. The average molecular weight is 656 g/mol. The van der Waals surface area contributed by atoms with Crippen LogP contribution in [0.3, 0.4) is 0 Å². The van der Waals surface area contributed by atoms with Crippen LogP contribution in [0.5, 0.6) is 0 Å². The lowest BCUT2D eigenvalue weighted by Crippen LogP contribution is -2.41. The number of fused-ring (bicyclic) bond motifs is 1. The molecule has 5 rings (SSSR count). The summed E-state index contributed by atoms with van der Waals surface area (Å²) in [5, 5.41) is 32.3. The maximum atomic E-state index is 14.4. The van der Waals surface area contributed by atoms with Crippen molar-refractivity contribution < 1.29 is 46.6 Å². The molecule has 0 spiro atoms. The van der Waals surface area contributed by atoms with Gasteiger partial charge >= 0.3 is 17.7 Å². The number of aromatic nitrogens is 3. The number of rotatable bonds is 8. The average Bonchev–Trinajstić information content (AvgIpc) is 3.46. The Labute approximate surface area is 250 Å². The SMILES string of the molecule is O=C(Nc1ccn([C@@H]2O[C@H](CO)[C@H](O)C2(F)F)c(=O)n1)OCc1cn(S(=O)(=O)c2ccc(Cl)c([N+](=O)[O-])c2)c2ccccc12. The Morgan fingerprint density at radius 3 is 2.64 bits per heavy atom. The zero-order chi connectivity index (χ0) is 32.0. The number of aliphatic hydroxyl groups is 2. The van der Waals surface area contributed by atoms with Gasteiger partial charge in [0, 0.05) is 29.4 Å². The first-order chi connectivity index (χ1) is 20.7. The normalized spacial score (nSPS) is 19.6. The number of benzene rings is 2. The number of hydrogen-bond donors (Lipinski definition) is 3. The second-order valence-electron chi connectivity index (χ2n) is 9.38. The molecule has 2 aromatic carbocycles. The Morgan fingerprint density at radius 2 is 1.98 bits per heavy atom. The summed E-state index contributed by atoms with van der Waals surface area (Å²) < 4.78 is 67.0. The third kappa shape index (κ3) is 5.48. The number of aliphatic hydroxyl groups excluding tert-OH is 2. The van der Waals surface area contributed by atoms with Crippen molar-refractivity contribution in [3.05, 3.63) is 92.1 Å². The Balaban J connectivity index is 1.34. The van der Waals surface area contributed by atoms with E-state index in [4.69, 9.17) is 26.2 Å². The van der Waals surface area contributed by atoms with Crippen LogP contribution in [0, 0.1) is 10.1 Å². The van der Waals surface area contributed by atoms with Crippen molar-refractivity contribution in [2.75, 3.05) is 11.9 Å². The van der Waals surface area contributed by atoms with Gasteiger partial charge in [0.15, 0.2) is 6.10 Å². The maximum Gasteiger partial charge on any atom is 0.413 e. The molecule has 0 saturated carbocycles. The number of carbonyl (C=O) groups excluding carboxylic acids is 1. The molecule has 44 heavy (non-hydrogen) atoms. The van der Waals surface area contributed by atoms with Crippen LogP contribution in [0.4, 0.5) is 25.1 Å². The van der Waals surface area contributed by atoms with E-state index in [9.17, 15) is 42.0 Å². The molecule has 0 radical (unpaired) electrons. The van der Waals surface area contributed by atoms with Gasteiger partial charge in [0.25, 0.3) is 15.7 Å². The molecule has 3 atom stereocenters. The highest BCUT2D eigenvalue weighted by atomic mass is 35.5. The number of carbonyl (C=O) groups is 1. The first kappa shape index (κ1) is 31.0. The fraction of sp³-hybridized carbons (Fsp3) is 0.240. The summed E-state index contributed by atoms with van der Waals surface area (Å²) in [6, 6.07) is 10.2. The van der Waals surface area contributed by atoms with Crippen molar-refractivity contribution in [1.82, 2.24) is 13.5 Å². The van der Waals surface area contributed by atoms with Crippen molar-refractivity contribution in [2.45, 2.75) is 35.9 Å². The van der Waals surface area contributed by atoms with E-state index in [2.05, 4.69) is 10.3 Å². The quantitative estimate of drug-likeness (QED) is 0.186. The molecule has 3 N–H and O–H groups in total. The maximum absolute atomic E-state index is 14.4. The highest BCUT2D eigenvalue weighted by Gasteiger charge is 2.59. The molecule has 1 saturated heterocycles. The van der Waals surface area contributed by atoms with Gasteiger partial charge in [0.1, 0.15) is 23.6 Å². The number of para-hydroxylation sites is 1. The molecule has 4 aromatic rings. The van der Waals surface area contributed by atoms with Crippen molar-refractivity contribution in [3.8, 4) is 0 Å². The Kier molecular flexibility index (Phi) is 8.12. The first-order valence-electron chi connectivity index (χ1n) is 12.4. The van der Waals surface area contributed by atoms with Gasteiger partial charge in [-0.25, -0.2) is 22.0 Å². The highest BCUT2D eigenvalue weighted by Crippen LogP contribution is 2.42. The summed E-state index contributed by atoms with van der Waals surface area (Å²) in [6.45, 7) is -1.40. The van der Waals surface area contributed by atoms with Gasteiger partial charge in [-0.1, -0.05) is 29.8 Å². The fourth-order valence-electron chi connectivity index (χ4n) is 4.50. The molecule has 19 heteroatoms. The molecule has 1 amide bonds. The van der Waals surface area contributed by atoms with Crippen molar-refractivity contribution in [3.63, 3.8) is 0 Å². The van der Waals surface area contributed by atoms with Crippen LogP contribution in [-0.2, 0) is 26.1 Å². The Hall–Kier alpha value is -4.49. The van der Waals surface area contributed by atoms with E-state index < -0.39 is 74.9 Å². The van der Waals surface area contributed by atoms with Gasteiger partial charge in [0.2, 0.25) is 6.23 Å². The summed E-state index contributed by atoms with van der Waals surface area (Å²) in [6.07, 6.45) is -5.40. The van der Waals surface area contributed by atoms with E-state index in [1.165, 1.54) is 12.3 Å². The molecule has 0 bridgehead atoms. The zero-order valence-electron chi connectivity index (χ0n) is 21.9. The minimum atomic E-state index is -4.38. The molecule has 2 aromatic heterocycles. The van der Waals surface area contributed by atoms with Gasteiger partial charge in [-0.3, -0.25) is 20.0 Å². The third-order valence-electron chi connectivity index (χ3n) is 6.66. The number of amides is 1. The monoisotopic (exact) mass is 655 g/mol. The van der Waals surface area contributed by atoms with E-state index >= 15 is 0 Å². The fourth-order valence-corrected chi connectivity index (χ4v) is 6.10. The van der Waals surface area contributed by atoms with Gasteiger partial charge in [-0.2, -0.15) is 13.8 Å². The standard InChI is InChI=1S/C25H20ClF2N5O10S/c26-16-6-5-14(9-18(16)33(38)39)44(40,41)32-10-13(15-3-1-2-4-17(15)32)12-42-24(37)30-20-7-8-31(23(36)29-20)22-25(27,28)21(35)19(11-34)43-22/h1-10,19,21-22,34-35H,11-12H2,(H,29,30,36,37)/t19-,21+,22-/m1/s1. The van der Waals surface area contributed by atoms with Crippen molar-refractivity contribution in [1.29, 1.82) is 0 Å². The number of nitro benzene ring substituents is 1. The van der Waals surface area contributed by atoms with E-state index in [1.54, 1.807) is 18.2 Å². The number of halogens is 3. The first-order valence-corrected chi connectivity index (χ1v) is 14.2. The number of nitro groups is 1. The lowest BCUT2D eigenvalue weighted by atomic mass is 10.1. The molecule has 0 unspecified atom stereocenters.